The highest BCUT2D eigenvalue weighted by atomic mass is 16.7. The summed E-state index contributed by atoms with van der Waals surface area (Å²) >= 11 is 0. The van der Waals surface area contributed by atoms with Crippen molar-refractivity contribution in [3.8, 4) is 0 Å². The SMILES string of the molecule is CCCCCCCCC(CCCCCCCC)C[C@H](CCCCO)OC(=O)OCCCN(C)C. The number of carbonyl (C=O) groups excluding carboxylic acids is 1. The summed E-state index contributed by atoms with van der Waals surface area (Å²) in [6.07, 6.45) is 21.9. The largest absolute Gasteiger partial charge is 0.508 e. The van der Waals surface area contributed by atoms with Gasteiger partial charge in [0.1, 0.15) is 6.10 Å². The van der Waals surface area contributed by atoms with E-state index in [1.54, 1.807) is 0 Å². The van der Waals surface area contributed by atoms with Gasteiger partial charge in [-0.1, -0.05) is 104 Å². The minimum Gasteiger partial charge on any atom is -0.434 e. The van der Waals surface area contributed by atoms with Gasteiger partial charge < -0.3 is 19.5 Å². The Balaban J connectivity index is 4.67. The molecule has 0 spiro atoms. The van der Waals surface area contributed by atoms with Crippen LogP contribution in [0.15, 0.2) is 0 Å². The molecule has 0 aromatic carbocycles. The molecule has 0 aromatic rings. The zero-order valence-corrected chi connectivity index (χ0v) is 23.3. The molecular formula is C29H59NO4. The number of ether oxygens (including phenoxy) is 2. The molecule has 204 valence electrons. The lowest BCUT2D eigenvalue weighted by molar-refractivity contribution is 0.00897. The third-order valence-corrected chi connectivity index (χ3v) is 6.69. The van der Waals surface area contributed by atoms with Gasteiger partial charge in [-0.05, 0) is 52.1 Å². The first kappa shape index (κ1) is 33.2. The minimum atomic E-state index is -0.523. The van der Waals surface area contributed by atoms with E-state index in [1.165, 1.54) is 89.9 Å². The molecule has 0 saturated heterocycles. The molecule has 5 nitrogen and oxygen atoms in total. The number of nitrogens with zero attached hydrogens (tertiary/aromatic N) is 1. The summed E-state index contributed by atoms with van der Waals surface area (Å²) in [5.74, 6) is 0.609. The van der Waals surface area contributed by atoms with Crippen LogP contribution in [-0.2, 0) is 9.47 Å². The first-order valence-electron chi connectivity index (χ1n) is 14.6. The van der Waals surface area contributed by atoms with E-state index in [9.17, 15) is 9.90 Å². The van der Waals surface area contributed by atoms with E-state index in [0.29, 0.717) is 12.5 Å². The van der Waals surface area contributed by atoms with E-state index in [4.69, 9.17) is 9.47 Å². The molecule has 0 aliphatic rings. The molecular weight excluding hydrogens is 426 g/mol. The van der Waals surface area contributed by atoms with Gasteiger partial charge >= 0.3 is 6.16 Å². The van der Waals surface area contributed by atoms with E-state index in [1.807, 2.05) is 14.1 Å². The van der Waals surface area contributed by atoms with Crippen molar-refractivity contribution in [3.05, 3.63) is 0 Å². The van der Waals surface area contributed by atoms with Crippen molar-refractivity contribution in [2.75, 3.05) is 33.9 Å². The monoisotopic (exact) mass is 485 g/mol. The van der Waals surface area contributed by atoms with E-state index < -0.39 is 6.16 Å². The van der Waals surface area contributed by atoms with E-state index in [0.717, 1.165) is 38.6 Å². The number of hydrogen-bond acceptors (Lipinski definition) is 5. The molecule has 34 heavy (non-hydrogen) atoms. The van der Waals surface area contributed by atoms with Gasteiger partial charge in [0.15, 0.2) is 0 Å². The minimum absolute atomic E-state index is 0.0990. The summed E-state index contributed by atoms with van der Waals surface area (Å²) in [6, 6.07) is 0. The third kappa shape index (κ3) is 23.0. The maximum absolute atomic E-state index is 12.3. The van der Waals surface area contributed by atoms with E-state index >= 15 is 0 Å². The Morgan fingerprint density at radius 3 is 1.79 bits per heavy atom. The van der Waals surface area contributed by atoms with Crippen molar-refractivity contribution in [3.63, 3.8) is 0 Å². The molecule has 5 heteroatoms. The fourth-order valence-corrected chi connectivity index (χ4v) is 4.59. The number of aliphatic hydroxyl groups is 1. The quantitative estimate of drug-likeness (QED) is 0.104. The van der Waals surface area contributed by atoms with Crippen molar-refractivity contribution in [1.82, 2.24) is 4.90 Å². The van der Waals surface area contributed by atoms with Gasteiger partial charge in [0.2, 0.25) is 0 Å². The van der Waals surface area contributed by atoms with Crippen molar-refractivity contribution in [2.24, 2.45) is 5.92 Å². The van der Waals surface area contributed by atoms with Crippen LogP contribution in [0.25, 0.3) is 0 Å². The Morgan fingerprint density at radius 1 is 0.735 bits per heavy atom. The summed E-state index contributed by atoms with van der Waals surface area (Å²) in [5, 5.41) is 9.20. The van der Waals surface area contributed by atoms with Gasteiger partial charge in [0, 0.05) is 13.2 Å². The summed E-state index contributed by atoms with van der Waals surface area (Å²) < 4.78 is 11.1. The molecule has 0 aromatic heterocycles. The van der Waals surface area contributed by atoms with Crippen LogP contribution in [0, 0.1) is 5.92 Å². The Hall–Kier alpha value is -0.810. The van der Waals surface area contributed by atoms with E-state index in [2.05, 4.69) is 18.7 Å². The molecule has 0 unspecified atom stereocenters. The van der Waals surface area contributed by atoms with Crippen molar-refractivity contribution >= 4 is 6.16 Å². The van der Waals surface area contributed by atoms with Crippen LogP contribution in [0.5, 0.6) is 0 Å². The maximum Gasteiger partial charge on any atom is 0.508 e. The first-order valence-corrected chi connectivity index (χ1v) is 14.6. The van der Waals surface area contributed by atoms with Crippen LogP contribution < -0.4 is 0 Å². The van der Waals surface area contributed by atoms with Gasteiger partial charge in [-0.2, -0.15) is 0 Å². The highest BCUT2D eigenvalue weighted by molar-refractivity contribution is 5.60. The van der Waals surface area contributed by atoms with Crippen LogP contribution in [-0.4, -0.2) is 56.1 Å². The average Bonchev–Trinajstić information content (AvgIpc) is 2.81. The van der Waals surface area contributed by atoms with Crippen molar-refractivity contribution in [2.45, 2.75) is 142 Å². The molecule has 0 aliphatic heterocycles. The zero-order valence-electron chi connectivity index (χ0n) is 23.3. The number of rotatable bonds is 25. The Bertz CT molecular complexity index is 414. The lowest BCUT2D eigenvalue weighted by Gasteiger charge is -2.24. The fourth-order valence-electron chi connectivity index (χ4n) is 4.59. The highest BCUT2D eigenvalue weighted by Crippen LogP contribution is 2.26. The second kappa shape index (κ2) is 25.3. The number of hydrogen-bond donors (Lipinski definition) is 1. The topological polar surface area (TPSA) is 59.0 Å². The second-order valence-corrected chi connectivity index (χ2v) is 10.4. The Kier molecular flexibility index (Phi) is 24.7. The molecule has 0 bridgehead atoms. The van der Waals surface area contributed by atoms with Crippen LogP contribution in [0.1, 0.15) is 136 Å². The lowest BCUT2D eigenvalue weighted by atomic mass is 9.88. The smallest absolute Gasteiger partial charge is 0.434 e. The zero-order chi connectivity index (χ0) is 25.3. The van der Waals surface area contributed by atoms with E-state index in [-0.39, 0.29) is 12.7 Å². The van der Waals surface area contributed by atoms with Gasteiger partial charge in [-0.25, -0.2) is 4.79 Å². The summed E-state index contributed by atoms with van der Waals surface area (Å²) in [7, 11) is 4.03. The number of aliphatic hydroxyl groups excluding tert-OH is 1. The molecule has 0 radical (unpaired) electrons. The molecule has 0 saturated carbocycles. The normalized spacial score (nSPS) is 12.4. The fraction of sp³-hybridized carbons (Fsp3) is 0.966. The van der Waals surface area contributed by atoms with Crippen molar-refractivity contribution < 1.29 is 19.4 Å². The third-order valence-electron chi connectivity index (χ3n) is 6.69. The predicted molar refractivity (Wildman–Crippen MR) is 144 cm³/mol. The van der Waals surface area contributed by atoms with Gasteiger partial charge in [0.05, 0.1) is 6.61 Å². The van der Waals surface area contributed by atoms with Gasteiger partial charge in [-0.15, -0.1) is 0 Å². The van der Waals surface area contributed by atoms with Crippen LogP contribution in [0.3, 0.4) is 0 Å². The molecule has 0 aliphatic carbocycles. The molecule has 0 heterocycles. The van der Waals surface area contributed by atoms with Crippen LogP contribution in [0.2, 0.25) is 0 Å². The average molecular weight is 486 g/mol. The first-order chi connectivity index (χ1) is 16.5. The molecule has 0 fully saturated rings. The predicted octanol–water partition coefficient (Wildman–Crippen LogP) is 8.13. The highest BCUT2D eigenvalue weighted by Gasteiger charge is 2.21. The number of carbonyl (C=O) groups is 1. The Labute approximate surface area is 212 Å². The number of unbranched alkanes of at least 4 members (excludes halogenated alkanes) is 11. The maximum atomic E-state index is 12.3. The molecule has 1 atom stereocenters. The summed E-state index contributed by atoms with van der Waals surface area (Å²) in [4.78, 5) is 14.4. The molecule has 0 amide bonds. The van der Waals surface area contributed by atoms with Gasteiger partial charge in [0.25, 0.3) is 0 Å². The second-order valence-electron chi connectivity index (χ2n) is 10.4. The Morgan fingerprint density at radius 2 is 1.26 bits per heavy atom. The van der Waals surface area contributed by atoms with Crippen LogP contribution in [0.4, 0.5) is 4.79 Å². The summed E-state index contributed by atoms with van der Waals surface area (Å²) in [5.41, 5.74) is 0. The van der Waals surface area contributed by atoms with Crippen molar-refractivity contribution in [1.29, 1.82) is 0 Å². The standard InChI is InChI=1S/C29H59NO4/c1-5-7-9-11-13-15-20-27(21-16-14-12-10-8-6-2)26-28(22-17-18-24-31)34-29(32)33-25-19-23-30(3)4/h27-28,31H,5-26H2,1-4H3/t28-/m0/s1. The molecule has 0 rings (SSSR count). The van der Waals surface area contributed by atoms with Crippen LogP contribution >= 0.6 is 0 Å². The molecule has 1 N–H and O–H groups in total. The lowest BCUT2D eigenvalue weighted by Crippen LogP contribution is -2.23. The van der Waals surface area contributed by atoms with Gasteiger partial charge in [-0.3, -0.25) is 0 Å². The summed E-state index contributed by atoms with van der Waals surface area (Å²) in [6.45, 7) is 6.02.